The van der Waals surface area contributed by atoms with E-state index in [1.165, 1.54) is 0 Å². The highest BCUT2D eigenvalue weighted by Crippen LogP contribution is 2.36. The minimum absolute atomic E-state index is 0.258. The fourth-order valence-corrected chi connectivity index (χ4v) is 1.71. The lowest BCUT2D eigenvalue weighted by atomic mass is 9.78. The summed E-state index contributed by atoms with van der Waals surface area (Å²) >= 11 is 0. The molecule has 0 aromatic rings. The lowest BCUT2D eigenvalue weighted by Crippen LogP contribution is -2.63. The first-order valence-corrected chi connectivity index (χ1v) is 4.19. The number of likely N-dealkylation sites (tertiary alicyclic amines) is 1. The Labute approximate surface area is 66.9 Å². The largest absolute Gasteiger partial charge is 0.334 e. The molecule has 0 spiro atoms. The molecule has 0 radical (unpaired) electrons. The fraction of sp³-hybridized carbons (Fsp3) is 0.667. The van der Waals surface area contributed by atoms with Crippen molar-refractivity contribution in [3.05, 3.63) is 12.2 Å². The quantitative estimate of drug-likeness (QED) is 0.426. The molecule has 0 aromatic heterocycles. The fourth-order valence-electron chi connectivity index (χ4n) is 1.71. The Balaban J connectivity index is 1.97. The average Bonchev–Trinajstić information content (AvgIpc) is 1.83. The van der Waals surface area contributed by atoms with E-state index in [1.807, 2.05) is 11.0 Å². The topological polar surface area (TPSA) is 20.3 Å². The second-order valence-electron chi connectivity index (χ2n) is 3.79. The monoisotopic (exact) mass is 151 g/mol. The molecule has 2 aliphatic rings. The predicted molar refractivity (Wildman–Crippen MR) is 43.0 cm³/mol. The first-order chi connectivity index (χ1) is 5.20. The highest BCUT2D eigenvalue weighted by molar-refractivity contribution is 5.90. The van der Waals surface area contributed by atoms with Gasteiger partial charge in [0.25, 0.3) is 0 Å². The van der Waals surface area contributed by atoms with Crippen LogP contribution in [0.15, 0.2) is 12.2 Å². The third kappa shape index (κ3) is 0.817. The summed E-state index contributed by atoms with van der Waals surface area (Å²) in [4.78, 5) is 13.2. The lowest BCUT2D eigenvalue weighted by molar-refractivity contribution is -0.152. The van der Waals surface area contributed by atoms with E-state index in [-0.39, 0.29) is 5.92 Å². The number of fused-ring (bicyclic) bond motifs is 1. The number of carbonyl (C=O) groups is 1. The van der Waals surface area contributed by atoms with Crippen molar-refractivity contribution in [1.82, 2.24) is 4.90 Å². The molecule has 2 atom stereocenters. The zero-order valence-electron chi connectivity index (χ0n) is 6.95. The van der Waals surface area contributed by atoms with Crippen LogP contribution in [-0.4, -0.2) is 23.4 Å². The van der Waals surface area contributed by atoms with Crippen molar-refractivity contribution < 1.29 is 4.79 Å². The van der Waals surface area contributed by atoms with Gasteiger partial charge in [0.1, 0.15) is 0 Å². The van der Waals surface area contributed by atoms with Crippen molar-refractivity contribution in [2.24, 2.45) is 11.8 Å². The highest BCUT2D eigenvalue weighted by atomic mass is 16.2. The third-order valence-corrected chi connectivity index (χ3v) is 2.37. The van der Waals surface area contributed by atoms with Crippen molar-refractivity contribution in [2.75, 3.05) is 6.54 Å². The molecular formula is C9H13NO. The summed E-state index contributed by atoms with van der Waals surface area (Å²) in [5.74, 6) is 1.17. The Hall–Kier alpha value is -0.790. The maximum absolute atomic E-state index is 11.2. The van der Waals surface area contributed by atoms with Crippen LogP contribution in [0.4, 0.5) is 0 Å². The van der Waals surface area contributed by atoms with Crippen LogP contribution in [0.2, 0.25) is 0 Å². The Kier molecular flexibility index (Phi) is 1.31. The van der Waals surface area contributed by atoms with E-state index in [2.05, 4.69) is 19.9 Å². The van der Waals surface area contributed by atoms with Gasteiger partial charge < -0.3 is 4.90 Å². The van der Waals surface area contributed by atoms with E-state index in [4.69, 9.17) is 0 Å². The first-order valence-electron chi connectivity index (χ1n) is 4.19. The SMILES string of the molecule is CC(C)CN1C(=O)[C@H]2C=C[C@@H]21. The Bertz CT molecular complexity index is 220. The maximum Gasteiger partial charge on any atom is 0.232 e. The summed E-state index contributed by atoms with van der Waals surface area (Å²) in [6, 6.07) is 0.463. The maximum atomic E-state index is 11.2. The summed E-state index contributed by atoms with van der Waals surface area (Å²) in [6.45, 7) is 5.20. The molecule has 1 amide bonds. The molecule has 2 rings (SSSR count). The van der Waals surface area contributed by atoms with Crippen molar-refractivity contribution in [3.8, 4) is 0 Å². The van der Waals surface area contributed by atoms with E-state index in [1.54, 1.807) is 0 Å². The van der Waals surface area contributed by atoms with Gasteiger partial charge in [-0.1, -0.05) is 26.0 Å². The Morgan fingerprint density at radius 3 is 2.64 bits per heavy atom. The summed E-state index contributed by atoms with van der Waals surface area (Å²) in [6.07, 6.45) is 4.12. The van der Waals surface area contributed by atoms with Crippen LogP contribution in [0.5, 0.6) is 0 Å². The van der Waals surface area contributed by atoms with Gasteiger partial charge in [0.05, 0.1) is 12.0 Å². The van der Waals surface area contributed by atoms with Crippen molar-refractivity contribution >= 4 is 5.91 Å². The van der Waals surface area contributed by atoms with Gasteiger partial charge in [0.2, 0.25) is 5.91 Å². The molecule has 1 aliphatic heterocycles. The lowest BCUT2D eigenvalue weighted by Gasteiger charge is -2.50. The van der Waals surface area contributed by atoms with Crippen molar-refractivity contribution in [2.45, 2.75) is 19.9 Å². The summed E-state index contributed by atoms with van der Waals surface area (Å²) in [5, 5.41) is 0. The Morgan fingerprint density at radius 1 is 1.55 bits per heavy atom. The zero-order valence-corrected chi connectivity index (χ0v) is 6.95. The van der Waals surface area contributed by atoms with Gasteiger partial charge in [-0.25, -0.2) is 0 Å². The van der Waals surface area contributed by atoms with E-state index < -0.39 is 0 Å². The van der Waals surface area contributed by atoms with E-state index >= 15 is 0 Å². The van der Waals surface area contributed by atoms with Gasteiger partial charge in [-0.2, -0.15) is 0 Å². The Morgan fingerprint density at radius 2 is 2.27 bits per heavy atom. The first kappa shape index (κ1) is 6.89. The average molecular weight is 151 g/mol. The number of hydrogen-bond donors (Lipinski definition) is 0. The van der Waals surface area contributed by atoms with E-state index in [0.717, 1.165) is 6.54 Å². The standard InChI is InChI=1S/C9H13NO/c1-6(2)5-10-8-4-3-7(8)9(10)11/h3-4,6-8H,5H2,1-2H3/t7-,8-/m0/s1. The number of hydrogen-bond acceptors (Lipinski definition) is 1. The number of rotatable bonds is 2. The molecule has 11 heavy (non-hydrogen) atoms. The molecule has 1 saturated heterocycles. The highest BCUT2D eigenvalue weighted by Gasteiger charge is 2.48. The van der Waals surface area contributed by atoms with Gasteiger partial charge in [0.15, 0.2) is 0 Å². The molecule has 2 heteroatoms. The second-order valence-corrected chi connectivity index (χ2v) is 3.79. The summed E-state index contributed by atoms with van der Waals surface area (Å²) in [5.41, 5.74) is 0. The van der Waals surface area contributed by atoms with Gasteiger partial charge >= 0.3 is 0 Å². The van der Waals surface area contributed by atoms with Crippen LogP contribution in [-0.2, 0) is 4.79 Å². The number of β-lactam (4-membered cyclic amide) rings is 1. The second kappa shape index (κ2) is 2.10. The molecular weight excluding hydrogens is 138 g/mol. The molecule has 60 valence electrons. The van der Waals surface area contributed by atoms with Crippen molar-refractivity contribution in [3.63, 3.8) is 0 Å². The van der Waals surface area contributed by atoms with Crippen LogP contribution in [0, 0.1) is 11.8 Å². The normalized spacial score (nSPS) is 33.4. The van der Waals surface area contributed by atoms with Crippen LogP contribution in [0.1, 0.15) is 13.8 Å². The molecule has 0 bridgehead atoms. The molecule has 1 fully saturated rings. The van der Waals surface area contributed by atoms with Crippen LogP contribution < -0.4 is 0 Å². The summed E-state index contributed by atoms with van der Waals surface area (Å²) in [7, 11) is 0. The number of amides is 1. The number of carbonyl (C=O) groups excluding carboxylic acids is 1. The van der Waals surface area contributed by atoms with Crippen LogP contribution in [0.3, 0.4) is 0 Å². The molecule has 0 N–H and O–H groups in total. The minimum atomic E-state index is 0.258. The third-order valence-electron chi connectivity index (χ3n) is 2.37. The van der Waals surface area contributed by atoms with Gasteiger partial charge in [-0.05, 0) is 5.92 Å². The van der Waals surface area contributed by atoms with Crippen molar-refractivity contribution in [1.29, 1.82) is 0 Å². The van der Waals surface area contributed by atoms with Crippen LogP contribution in [0.25, 0.3) is 0 Å². The number of nitrogens with zero attached hydrogens (tertiary/aromatic N) is 1. The van der Waals surface area contributed by atoms with E-state index in [0.29, 0.717) is 17.9 Å². The van der Waals surface area contributed by atoms with E-state index in [9.17, 15) is 4.79 Å². The molecule has 1 heterocycles. The van der Waals surface area contributed by atoms with Crippen LogP contribution >= 0.6 is 0 Å². The smallest absolute Gasteiger partial charge is 0.232 e. The molecule has 2 nitrogen and oxygen atoms in total. The van der Waals surface area contributed by atoms with Gasteiger partial charge in [-0.15, -0.1) is 0 Å². The molecule has 0 unspecified atom stereocenters. The molecule has 0 aromatic carbocycles. The summed E-state index contributed by atoms with van der Waals surface area (Å²) < 4.78 is 0. The molecule has 1 aliphatic carbocycles. The predicted octanol–water partition coefficient (Wildman–Crippen LogP) is 1.04. The molecule has 0 saturated carbocycles. The van der Waals surface area contributed by atoms with Gasteiger partial charge in [-0.3, -0.25) is 4.79 Å². The zero-order chi connectivity index (χ0) is 8.01. The minimum Gasteiger partial charge on any atom is -0.334 e. The van der Waals surface area contributed by atoms with Gasteiger partial charge in [0, 0.05) is 6.54 Å².